The molecule has 24 heavy (non-hydrogen) atoms. The fourth-order valence-electron chi connectivity index (χ4n) is 3.36. The van der Waals surface area contributed by atoms with Crippen LogP contribution in [0, 0.1) is 13.8 Å². The molecule has 0 unspecified atom stereocenters. The summed E-state index contributed by atoms with van der Waals surface area (Å²) in [6.45, 7) is 4.88. The maximum absolute atomic E-state index is 5.99. The molecule has 1 aromatic carbocycles. The first kappa shape index (κ1) is 15.1. The van der Waals surface area contributed by atoms with Crippen LogP contribution >= 0.6 is 0 Å². The SMILES string of the molecule is Cc1cccc2c(N[C@H]3CCO[C@@H]3c3cnn(C)c3C)ncnc12. The standard InChI is InChI=1S/C18H21N5O/c1-11-5-4-6-13-16(11)19-10-20-18(13)22-15-7-8-24-17(15)14-9-21-23(3)12(14)2/h4-6,9-10,15,17H,7-8H2,1-3H3,(H,19,20,22)/t15-,17+/m0/s1. The Balaban J connectivity index is 1.68. The van der Waals surface area contributed by atoms with Crippen LogP contribution < -0.4 is 5.32 Å². The summed E-state index contributed by atoms with van der Waals surface area (Å²) in [4.78, 5) is 8.88. The van der Waals surface area contributed by atoms with E-state index in [0.29, 0.717) is 0 Å². The molecule has 0 radical (unpaired) electrons. The van der Waals surface area contributed by atoms with Crippen molar-refractivity contribution in [2.24, 2.45) is 7.05 Å². The Labute approximate surface area is 140 Å². The van der Waals surface area contributed by atoms with Crippen LogP contribution in [0.25, 0.3) is 10.9 Å². The minimum absolute atomic E-state index is 0.00600. The molecule has 3 aromatic rings. The number of aromatic nitrogens is 4. The summed E-state index contributed by atoms with van der Waals surface area (Å²) in [5.41, 5.74) is 4.42. The molecule has 3 heterocycles. The molecule has 6 nitrogen and oxygen atoms in total. The number of fused-ring (bicyclic) bond motifs is 1. The number of benzene rings is 1. The van der Waals surface area contributed by atoms with Gasteiger partial charge in [-0.1, -0.05) is 12.1 Å². The Morgan fingerprint density at radius 3 is 2.92 bits per heavy atom. The second-order valence-electron chi connectivity index (χ2n) is 6.33. The number of nitrogens with zero attached hydrogens (tertiary/aromatic N) is 4. The molecule has 1 fully saturated rings. The number of aryl methyl sites for hydroxylation is 2. The van der Waals surface area contributed by atoms with Crippen LogP contribution in [0.2, 0.25) is 0 Å². The molecule has 4 rings (SSSR count). The predicted octanol–water partition coefficient (Wildman–Crippen LogP) is 2.92. The fourth-order valence-corrected chi connectivity index (χ4v) is 3.36. The number of nitrogens with one attached hydrogen (secondary N) is 1. The van der Waals surface area contributed by atoms with Gasteiger partial charge in [-0.2, -0.15) is 5.10 Å². The summed E-state index contributed by atoms with van der Waals surface area (Å²) in [5, 5.41) is 8.98. The molecule has 1 N–H and O–H groups in total. The molecule has 1 saturated heterocycles. The van der Waals surface area contributed by atoms with E-state index in [-0.39, 0.29) is 12.1 Å². The van der Waals surface area contributed by atoms with Crippen molar-refractivity contribution in [3.8, 4) is 0 Å². The second-order valence-corrected chi connectivity index (χ2v) is 6.33. The van der Waals surface area contributed by atoms with E-state index in [0.717, 1.165) is 46.6 Å². The van der Waals surface area contributed by atoms with Gasteiger partial charge in [0.1, 0.15) is 18.2 Å². The van der Waals surface area contributed by atoms with E-state index in [1.807, 2.05) is 24.0 Å². The molecule has 1 aliphatic rings. The maximum Gasteiger partial charge on any atom is 0.137 e. The lowest BCUT2D eigenvalue weighted by Gasteiger charge is -2.21. The third kappa shape index (κ3) is 2.43. The molecule has 6 heteroatoms. The molecule has 0 amide bonds. The van der Waals surface area contributed by atoms with Crippen molar-refractivity contribution in [3.63, 3.8) is 0 Å². The summed E-state index contributed by atoms with van der Waals surface area (Å²) in [6.07, 6.45) is 4.46. The van der Waals surface area contributed by atoms with Crippen LogP contribution in [0.3, 0.4) is 0 Å². The third-order valence-electron chi connectivity index (χ3n) is 4.86. The highest BCUT2D eigenvalue weighted by molar-refractivity contribution is 5.90. The third-order valence-corrected chi connectivity index (χ3v) is 4.86. The second kappa shape index (κ2) is 5.87. The van der Waals surface area contributed by atoms with Crippen molar-refractivity contribution >= 4 is 16.7 Å². The monoisotopic (exact) mass is 323 g/mol. The molecular formula is C18H21N5O. The average Bonchev–Trinajstić information content (AvgIpc) is 3.16. The quantitative estimate of drug-likeness (QED) is 0.803. The van der Waals surface area contributed by atoms with Gasteiger partial charge in [0.15, 0.2) is 0 Å². The van der Waals surface area contributed by atoms with Gasteiger partial charge in [-0.3, -0.25) is 4.68 Å². The first-order valence-corrected chi connectivity index (χ1v) is 8.22. The summed E-state index contributed by atoms with van der Waals surface area (Å²) in [6, 6.07) is 6.34. The zero-order valence-electron chi connectivity index (χ0n) is 14.2. The molecule has 0 aliphatic carbocycles. The van der Waals surface area contributed by atoms with Gasteiger partial charge in [0.05, 0.1) is 17.8 Å². The number of para-hydroxylation sites is 1. The molecule has 1 aliphatic heterocycles. The lowest BCUT2D eigenvalue weighted by molar-refractivity contribution is 0.107. The highest BCUT2D eigenvalue weighted by Gasteiger charge is 2.32. The van der Waals surface area contributed by atoms with E-state index in [1.54, 1.807) is 6.33 Å². The van der Waals surface area contributed by atoms with Crippen molar-refractivity contribution < 1.29 is 4.74 Å². The minimum Gasteiger partial charge on any atom is -0.371 e. The van der Waals surface area contributed by atoms with Crippen LogP contribution in [0.4, 0.5) is 5.82 Å². The molecule has 0 saturated carbocycles. The number of hydrogen-bond donors (Lipinski definition) is 1. The van der Waals surface area contributed by atoms with E-state index >= 15 is 0 Å². The van der Waals surface area contributed by atoms with Crippen molar-refractivity contribution in [3.05, 3.63) is 47.5 Å². The lowest BCUT2D eigenvalue weighted by atomic mass is 10.0. The molecule has 124 valence electrons. The largest absolute Gasteiger partial charge is 0.371 e. The van der Waals surface area contributed by atoms with Gasteiger partial charge in [-0.15, -0.1) is 0 Å². The van der Waals surface area contributed by atoms with Crippen molar-refractivity contribution in [2.75, 3.05) is 11.9 Å². The minimum atomic E-state index is -0.00600. The fraction of sp³-hybridized carbons (Fsp3) is 0.389. The van der Waals surface area contributed by atoms with Gasteiger partial charge >= 0.3 is 0 Å². The van der Waals surface area contributed by atoms with Gasteiger partial charge in [-0.05, 0) is 31.9 Å². The zero-order valence-corrected chi connectivity index (χ0v) is 14.2. The van der Waals surface area contributed by atoms with E-state index in [1.165, 1.54) is 0 Å². The van der Waals surface area contributed by atoms with Gasteiger partial charge in [0.2, 0.25) is 0 Å². The topological polar surface area (TPSA) is 64.9 Å². The van der Waals surface area contributed by atoms with E-state index in [2.05, 4.69) is 46.4 Å². The number of rotatable bonds is 3. The number of hydrogen-bond acceptors (Lipinski definition) is 5. The number of anilines is 1. The van der Waals surface area contributed by atoms with E-state index in [9.17, 15) is 0 Å². The van der Waals surface area contributed by atoms with Crippen LogP contribution in [-0.4, -0.2) is 32.4 Å². The lowest BCUT2D eigenvalue weighted by Crippen LogP contribution is -2.24. The molecule has 2 atom stereocenters. The van der Waals surface area contributed by atoms with Crippen molar-refractivity contribution in [1.29, 1.82) is 0 Å². The van der Waals surface area contributed by atoms with Crippen LogP contribution in [-0.2, 0) is 11.8 Å². The van der Waals surface area contributed by atoms with Gasteiger partial charge < -0.3 is 10.1 Å². The summed E-state index contributed by atoms with van der Waals surface area (Å²) in [7, 11) is 1.96. The van der Waals surface area contributed by atoms with Crippen LogP contribution in [0.1, 0.15) is 29.3 Å². The first-order chi connectivity index (χ1) is 11.6. The summed E-state index contributed by atoms with van der Waals surface area (Å²) in [5.74, 6) is 0.866. The Bertz CT molecular complexity index is 888. The first-order valence-electron chi connectivity index (χ1n) is 8.22. The Morgan fingerprint density at radius 1 is 1.25 bits per heavy atom. The Kier molecular flexibility index (Phi) is 3.69. The average molecular weight is 323 g/mol. The van der Waals surface area contributed by atoms with Gasteiger partial charge in [-0.25, -0.2) is 9.97 Å². The number of ether oxygens (including phenoxy) is 1. The molecule has 0 spiro atoms. The molecule has 0 bridgehead atoms. The summed E-state index contributed by atoms with van der Waals surface area (Å²) >= 11 is 0. The maximum atomic E-state index is 5.99. The van der Waals surface area contributed by atoms with Crippen LogP contribution in [0.5, 0.6) is 0 Å². The Morgan fingerprint density at radius 2 is 2.12 bits per heavy atom. The zero-order chi connectivity index (χ0) is 16.7. The smallest absolute Gasteiger partial charge is 0.137 e. The highest BCUT2D eigenvalue weighted by atomic mass is 16.5. The molecule has 2 aromatic heterocycles. The van der Waals surface area contributed by atoms with Crippen LogP contribution in [0.15, 0.2) is 30.7 Å². The highest BCUT2D eigenvalue weighted by Crippen LogP contribution is 2.34. The Hall–Kier alpha value is -2.47. The normalized spacial score (nSPS) is 20.6. The van der Waals surface area contributed by atoms with Crippen molar-refractivity contribution in [1.82, 2.24) is 19.7 Å². The van der Waals surface area contributed by atoms with Gasteiger partial charge in [0, 0.05) is 30.3 Å². The van der Waals surface area contributed by atoms with E-state index in [4.69, 9.17) is 4.74 Å². The van der Waals surface area contributed by atoms with Crippen molar-refractivity contribution in [2.45, 2.75) is 32.4 Å². The summed E-state index contributed by atoms with van der Waals surface area (Å²) < 4.78 is 7.88. The van der Waals surface area contributed by atoms with Gasteiger partial charge in [0.25, 0.3) is 0 Å². The molecular weight excluding hydrogens is 302 g/mol. The predicted molar refractivity (Wildman–Crippen MR) is 92.9 cm³/mol. The van der Waals surface area contributed by atoms with E-state index < -0.39 is 0 Å².